The number of likely N-dealkylation sites (tertiary alicyclic amines) is 1. The molecule has 4 heteroatoms. The highest BCUT2D eigenvalue weighted by molar-refractivity contribution is 6.30. The summed E-state index contributed by atoms with van der Waals surface area (Å²) in [6.07, 6.45) is -0.704. The Bertz CT molecular complexity index is 672. The first-order valence-electron chi connectivity index (χ1n) is 7.84. The highest BCUT2D eigenvalue weighted by Crippen LogP contribution is 2.39. The molecule has 23 heavy (non-hydrogen) atoms. The molecule has 1 saturated heterocycles. The SMILES string of the molecule is CC1CN(C(=O)CC(O)c2ccc(Cl)cc2)C1c1ccccc1. The maximum atomic E-state index is 12.5. The van der Waals surface area contributed by atoms with Crippen LogP contribution < -0.4 is 0 Å². The summed E-state index contributed by atoms with van der Waals surface area (Å²) in [7, 11) is 0. The fraction of sp³-hybridized carbons (Fsp3) is 0.316. The van der Waals surface area contributed by atoms with Crippen LogP contribution in [0.2, 0.25) is 5.02 Å². The molecule has 120 valence electrons. The molecule has 1 fully saturated rings. The van der Waals surface area contributed by atoms with Gasteiger partial charge in [-0.25, -0.2) is 0 Å². The van der Waals surface area contributed by atoms with E-state index in [-0.39, 0.29) is 18.4 Å². The Kier molecular flexibility index (Phi) is 4.69. The number of benzene rings is 2. The molecule has 1 heterocycles. The first kappa shape index (κ1) is 16.0. The normalized spacial score (nSPS) is 21.6. The van der Waals surface area contributed by atoms with Crippen LogP contribution in [0.4, 0.5) is 0 Å². The third-order valence-electron chi connectivity index (χ3n) is 4.44. The number of carbonyl (C=O) groups is 1. The number of aliphatic hydroxyl groups is 1. The molecule has 0 aromatic heterocycles. The highest BCUT2D eigenvalue weighted by atomic mass is 35.5. The van der Waals surface area contributed by atoms with E-state index in [2.05, 4.69) is 19.1 Å². The summed E-state index contributed by atoms with van der Waals surface area (Å²) < 4.78 is 0. The first-order valence-corrected chi connectivity index (χ1v) is 8.22. The van der Waals surface area contributed by atoms with Crippen LogP contribution in [0.25, 0.3) is 0 Å². The van der Waals surface area contributed by atoms with Crippen LogP contribution >= 0.6 is 11.6 Å². The van der Waals surface area contributed by atoms with Crippen molar-refractivity contribution in [3.63, 3.8) is 0 Å². The minimum absolute atomic E-state index is 0.0144. The summed E-state index contributed by atoms with van der Waals surface area (Å²) >= 11 is 5.85. The third-order valence-corrected chi connectivity index (χ3v) is 4.70. The average molecular weight is 330 g/mol. The van der Waals surface area contributed by atoms with E-state index in [0.717, 1.165) is 12.1 Å². The quantitative estimate of drug-likeness (QED) is 0.921. The second-order valence-electron chi connectivity index (χ2n) is 6.15. The van der Waals surface area contributed by atoms with E-state index >= 15 is 0 Å². The Morgan fingerprint density at radius 2 is 1.87 bits per heavy atom. The van der Waals surface area contributed by atoms with Crippen molar-refractivity contribution in [2.24, 2.45) is 5.92 Å². The van der Waals surface area contributed by atoms with Crippen molar-refractivity contribution in [3.05, 3.63) is 70.7 Å². The zero-order valence-electron chi connectivity index (χ0n) is 13.0. The second-order valence-corrected chi connectivity index (χ2v) is 6.59. The van der Waals surface area contributed by atoms with Crippen LogP contribution in [-0.4, -0.2) is 22.5 Å². The molecule has 2 aromatic carbocycles. The second kappa shape index (κ2) is 6.73. The van der Waals surface area contributed by atoms with Crippen molar-refractivity contribution < 1.29 is 9.90 Å². The van der Waals surface area contributed by atoms with Crippen LogP contribution in [0.5, 0.6) is 0 Å². The van der Waals surface area contributed by atoms with Crippen molar-refractivity contribution in [2.75, 3.05) is 6.54 Å². The van der Waals surface area contributed by atoms with Crippen molar-refractivity contribution >= 4 is 17.5 Å². The van der Waals surface area contributed by atoms with Gasteiger partial charge in [0.25, 0.3) is 0 Å². The number of hydrogen-bond donors (Lipinski definition) is 1. The summed E-state index contributed by atoms with van der Waals surface area (Å²) in [6.45, 7) is 2.89. The molecule has 0 bridgehead atoms. The summed E-state index contributed by atoms with van der Waals surface area (Å²) in [6, 6.07) is 17.1. The number of amides is 1. The van der Waals surface area contributed by atoms with Gasteiger partial charge in [0.2, 0.25) is 5.91 Å². The molecule has 1 aliphatic rings. The van der Waals surface area contributed by atoms with E-state index in [9.17, 15) is 9.90 Å². The largest absolute Gasteiger partial charge is 0.388 e. The lowest BCUT2D eigenvalue weighted by Crippen LogP contribution is -2.51. The zero-order chi connectivity index (χ0) is 16.4. The highest BCUT2D eigenvalue weighted by Gasteiger charge is 2.40. The lowest BCUT2D eigenvalue weighted by Gasteiger charge is -2.47. The molecule has 1 N–H and O–H groups in total. The van der Waals surface area contributed by atoms with Crippen molar-refractivity contribution in [3.8, 4) is 0 Å². The standard InChI is InChI=1S/C19H20ClNO2/c1-13-12-21(19(13)15-5-3-2-4-6-15)18(23)11-17(22)14-7-9-16(20)10-8-14/h2-10,13,17,19,22H,11-12H2,1H3. The molecule has 3 nitrogen and oxygen atoms in total. The van der Waals surface area contributed by atoms with Gasteiger partial charge in [-0.15, -0.1) is 0 Å². The fourth-order valence-electron chi connectivity index (χ4n) is 3.19. The van der Waals surface area contributed by atoms with Gasteiger partial charge in [0.05, 0.1) is 18.6 Å². The number of halogens is 1. The maximum absolute atomic E-state index is 12.5. The van der Waals surface area contributed by atoms with Gasteiger partial charge < -0.3 is 10.0 Å². The van der Waals surface area contributed by atoms with Gasteiger partial charge in [0, 0.05) is 11.6 Å². The van der Waals surface area contributed by atoms with Crippen molar-refractivity contribution in [2.45, 2.75) is 25.5 Å². The number of hydrogen-bond acceptors (Lipinski definition) is 2. The molecule has 0 spiro atoms. The van der Waals surface area contributed by atoms with Gasteiger partial charge >= 0.3 is 0 Å². The summed E-state index contributed by atoms with van der Waals surface area (Å²) in [5.41, 5.74) is 1.87. The molecule has 3 unspecified atom stereocenters. The average Bonchev–Trinajstić information content (AvgIpc) is 2.54. The van der Waals surface area contributed by atoms with Crippen LogP contribution in [0.1, 0.15) is 36.6 Å². The first-order chi connectivity index (χ1) is 11.1. The summed E-state index contributed by atoms with van der Waals surface area (Å²) in [5.74, 6) is 0.424. The van der Waals surface area contributed by atoms with Crippen LogP contribution in [-0.2, 0) is 4.79 Å². The van der Waals surface area contributed by atoms with Crippen LogP contribution in [0, 0.1) is 5.92 Å². The number of carbonyl (C=O) groups excluding carboxylic acids is 1. The monoisotopic (exact) mass is 329 g/mol. The molecule has 3 atom stereocenters. The molecule has 0 aliphatic carbocycles. The number of rotatable bonds is 4. The number of aliphatic hydroxyl groups excluding tert-OH is 1. The Hall–Kier alpha value is -1.84. The van der Waals surface area contributed by atoms with Gasteiger partial charge in [-0.05, 0) is 29.2 Å². The van der Waals surface area contributed by atoms with E-state index in [0.29, 0.717) is 16.5 Å². The molecule has 1 aliphatic heterocycles. The molecule has 2 aromatic rings. The van der Waals surface area contributed by atoms with Gasteiger partial charge in [0.15, 0.2) is 0 Å². The van der Waals surface area contributed by atoms with E-state index in [1.807, 2.05) is 23.1 Å². The maximum Gasteiger partial charge on any atom is 0.226 e. The fourth-order valence-corrected chi connectivity index (χ4v) is 3.32. The Morgan fingerprint density at radius 3 is 2.48 bits per heavy atom. The third kappa shape index (κ3) is 3.41. The van der Waals surface area contributed by atoms with Gasteiger partial charge in [-0.2, -0.15) is 0 Å². The molecule has 3 rings (SSSR count). The van der Waals surface area contributed by atoms with Gasteiger partial charge in [-0.1, -0.05) is 61.0 Å². The summed E-state index contributed by atoms with van der Waals surface area (Å²) in [4.78, 5) is 14.4. The zero-order valence-corrected chi connectivity index (χ0v) is 13.8. The minimum atomic E-state index is -0.799. The van der Waals surface area contributed by atoms with Gasteiger partial charge in [0.1, 0.15) is 0 Å². The molecular weight excluding hydrogens is 310 g/mol. The molecule has 0 radical (unpaired) electrons. The Morgan fingerprint density at radius 1 is 1.22 bits per heavy atom. The van der Waals surface area contributed by atoms with E-state index in [1.165, 1.54) is 0 Å². The van der Waals surface area contributed by atoms with Crippen molar-refractivity contribution in [1.82, 2.24) is 4.90 Å². The predicted octanol–water partition coefficient (Wildman–Crippen LogP) is 3.98. The summed E-state index contributed by atoms with van der Waals surface area (Å²) in [5, 5.41) is 10.9. The topological polar surface area (TPSA) is 40.5 Å². The molecule has 1 amide bonds. The minimum Gasteiger partial charge on any atom is -0.388 e. The van der Waals surface area contributed by atoms with Crippen LogP contribution in [0.15, 0.2) is 54.6 Å². The van der Waals surface area contributed by atoms with E-state index < -0.39 is 6.10 Å². The molecule has 0 saturated carbocycles. The Labute approximate surface area is 141 Å². The van der Waals surface area contributed by atoms with Crippen LogP contribution in [0.3, 0.4) is 0 Å². The predicted molar refractivity (Wildman–Crippen MR) is 91.1 cm³/mol. The van der Waals surface area contributed by atoms with Gasteiger partial charge in [-0.3, -0.25) is 4.79 Å². The van der Waals surface area contributed by atoms with E-state index in [4.69, 9.17) is 11.6 Å². The number of nitrogens with zero attached hydrogens (tertiary/aromatic N) is 1. The van der Waals surface area contributed by atoms with E-state index in [1.54, 1.807) is 24.3 Å². The Balaban J connectivity index is 1.67. The smallest absolute Gasteiger partial charge is 0.226 e. The van der Waals surface area contributed by atoms with Crippen molar-refractivity contribution in [1.29, 1.82) is 0 Å². The molecular formula is C19H20ClNO2. The lowest BCUT2D eigenvalue weighted by molar-refractivity contribution is -0.145. The lowest BCUT2D eigenvalue weighted by atomic mass is 9.84.